The van der Waals surface area contributed by atoms with Gasteiger partial charge in [0, 0.05) is 12.2 Å². The van der Waals surface area contributed by atoms with Crippen LogP contribution in [0.15, 0.2) is 29.3 Å². The van der Waals surface area contributed by atoms with Gasteiger partial charge < -0.3 is 10.0 Å². The lowest BCUT2D eigenvalue weighted by Crippen LogP contribution is -2.17. The van der Waals surface area contributed by atoms with E-state index in [0.717, 1.165) is 18.8 Å². The molecule has 14 heavy (non-hydrogen) atoms. The first kappa shape index (κ1) is 8.74. The molecule has 0 atom stereocenters. The third-order valence-electron chi connectivity index (χ3n) is 2.14. The van der Waals surface area contributed by atoms with Crippen LogP contribution >= 0.6 is 0 Å². The second kappa shape index (κ2) is 3.49. The summed E-state index contributed by atoms with van der Waals surface area (Å²) in [5.41, 5.74) is 1.29. The van der Waals surface area contributed by atoms with Gasteiger partial charge in [0.1, 0.15) is 0 Å². The van der Waals surface area contributed by atoms with Gasteiger partial charge in [-0.25, -0.2) is 4.79 Å². The minimum absolute atomic E-state index is 0.310. The molecule has 1 aromatic carbocycles. The first-order valence-electron chi connectivity index (χ1n) is 4.37. The van der Waals surface area contributed by atoms with Crippen molar-refractivity contribution in [2.45, 2.75) is 0 Å². The Morgan fingerprint density at radius 1 is 1.36 bits per heavy atom. The van der Waals surface area contributed by atoms with Crippen molar-refractivity contribution in [3.8, 4) is 0 Å². The number of aliphatic imine (C=N–C) groups is 1. The number of rotatable bonds is 2. The molecule has 0 saturated carbocycles. The van der Waals surface area contributed by atoms with Gasteiger partial charge >= 0.3 is 5.97 Å². The molecule has 1 aliphatic rings. The summed E-state index contributed by atoms with van der Waals surface area (Å²) in [5, 5.41) is 8.70. The number of aromatic carboxylic acids is 1. The molecule has 0 saturated heterocycles. The molecular formula is C10H10N2O2. The van der Waals surface area contributed by atoms with Crippen LogP contribution in [0.3, 0.4) is 0 Å². The minimum atomic E-state index is -0.897. The summed E-state index contributed by atoms with van der Waals surface area (Å²) in [4.78, 5) is 16.7. The lowest BCUT2D eigenvalue weighted by atomic mass is 10.2. The minimum Gasteiger partial charge on any atom is -0.478 e. The average molecular weight is 190 g/mol. The van der Waals surface area contributed by atoms with Crippen LogP contribution < -0.4 is 4.90 Å². The van der Waals surface area contributed by atoms with Gasteiger partial charge in [-0.15, -0.1) is 0 Å². The molecule has 72 valence electrons. The average Bonchev–Trinajstić information content (AvgIpc) is 2.71. The van der Waals surface area contributed by atoms with E-state index >= 15 is 0 Å². The van der Waals surface area contributed by atoms with Crippen LogP contribution in [0.4, 0.5) is 5.69 Å². The fourth-order valence-electron chi connectivity index (χ4n) is 1.37. The summed E-state index contributed by atoms with van der Waals surface area (Å²) in [6.45, 7) is 1.67. The van der Waals surface area contributed by atoms with E-state index in [4.69, 9.17) is 5.11 Å². The van der Waals surface area contributed by atoms with Gasteiger partial charge in [-0.3, -0.25) is 4.99 Å². The van der Waals surface area contributed by atoms with Crippen LogP contribution in [0.5, 0.6) is 0 Å². The Morgan fingerprint density at radius 2 is 2.07 bits per heavy atom. The van der Waals surface area contributed by atoms with Gasteiger partial charge in [-0.1, -0.05) is 0 Å². The van der Waals surface area contributed by atoms with Gasteiger partial charge in [0.05, 0.1) is 18.4 Å². The van der Waals surface area contributed by atoms with E-state index in [-0.39, 0.29) is 0 Å². The van der Waals surface area contributed by atoms with Crippen LogP contribution in [0, 0.1) is 0 Å². The second-order valence-electron chi connectivity index (χ2n) is 3.07. The SMILES string of the molecule is O=C(O)c1ccc(N2C=NCC2)cc1. The number of carboxylic acids is 1. The summed E-state index contributed by atoms with van der Waals surface area (Å²) in [7, 11) is 0. The summed E-state index contributed by atoms with van der Waals surface area (Å²) in [6, 6.07) is 6.79. The highest BCUT2D eigenvalue weighted by molar-refractivity contribution is 5.89. The lowest BCUT2D eigenvalue weighted by Gasteiger charge is -2.13. The van der Waals surface area contributed by atoms with E-state index < -0.39 is 5.97 Å². The van der Waals surface area contributed by atoms with Crippen LogP contribution in [0.1, 0.15) is 10.4 Å². The molecular weight excluding hydrogens is 180 g/mol. The molecule has 1 aromatic rings. The van der Waals surface area contributed by atoms with Crippen molar-refractivity contribution >= 4 is 18.0 Å². The molecule has 0 unspecified atom stereocenters. The normalized spacial score (nSPS) is 14.7. The molecule has 0 aliphatic carbocycles. The molecule has 4 heteroatoms. The monoisotopic (exact) mass is 190 g/mol. The number of benzene rings is 1. The predicted molar refractivity (Wildman–Crippen MR) is 54.1 cm³/mol. The van der Waals surface area contributed by atoms with E-state index in [9.17, 15) is 4.79 Å². The van der Waals surface area contributed by atoms with Gasteiger partial charge in [-0.05, 0) is 24.3 Å². The molecule has 1 aliphatic heterocycles. The van der Waals surface area contributed by atoms with Crippen molar-refractivity contribution in [3.05, 3.63) is 29.8 Å². The fraction of sp³-hybridized carbons (Fsp3) is 0.200. The van der Waals surface area contributed by atoms with Crippen molar-refractivity contribution in [3.63, 3.8) is 0 Å². The number of carboxylic acid groups (broad SMARTS) is 1. The Bertz CT molecular complexity index is 370. The van der Waals surface area contributed by atoms with Gasteiger partial charge in [0.25, 0.3) is 0 Å². The van der Waals surface area contributed by atoms with Crippen molar-refractivity contribution in [2.24, 2.45) is 4.99 Å². The Hall–Kier alpha value is -1.84. The van der Waals surface area contributed by atoms with Crippen LogP contribution in [0.25, 0.3) is 0 Å². The Balaban J connectivity index is 2.21. The maximum atomic E-state index is 10.6. The molecule has 0 fully saturated rings. The molecule has 1 N–H and O–H groups in total. The van der Waals surface area contributed by atoms with Crippen LogP contribution in [0.2, 0.25) is 0 Å². The zero-order chi connectivity index (χ0) is 9.97. The number of hydrogen-bond acceptors (Lipinski definition) is 3. The van der Waals surface area contributed by atoms with E-state index in [2.05, 4.69) is 4.99 Å². The zero-order valence-corrected chi connectivity index (χ0v) is 7.55. The number of nitrogens with zero attached hydrogens (tertiary/aromatic N) is 2. The summed E-state index contributed by atoms with van der Waals surface area (Å²) in [5.74, 6) is -0.897. The topological polar surface area (TPSA) is 52.9 Å². The van der Waals surface area contributed by atoms with Gasteiger partial charge in [-0.2, -0.15) is 0 Å². The van der Waals surface area contributed by atoms with Crippen molar-refractivity contribution < 1.29 is 9.90 Å². The first-order valence-corrected chi connectivity index (χ1v) is 4.37. The van der Waals surface area contributed by atoms with Gasteiger partial charge in [0.2, 0.25) is 0 Å². The van der Waals surface area contributed by atoms with Gasteiger partial charge in [0.15, 0.2) is 0 Å². The largest absolute Gasteiger partial charge is 0.478 e. The number of anilines is 1. The highest BCUT2D eigenvalue weighted by atomic mass is 16.4. The molecule has 0 amide bonds. The quantitative estimate of drug-likeness (QED) is 0.763. The highest BCUT2D eigenvalue weighted by Gasteiger charge is 2.08. The van der Waals surface area contributed by atoms with Crippen LogP contribution in [-0.2, 0) is 0 Å². The summed E-state index contributed by atoms with van der Waals surface area (Å²) >= 11 is 0. The molecule has 1 heterocycles. The molecule has 0 radical (unpaired) electrons. The standard InChI is InChI=1S/C10H10N2O2/c13-10(14)8-1-3-9(4-2-8)12-6-5-11-7-12/h1-4,7H,5-6H2,(H,13,14). The highest BCUT2D eigenvalue weighted by Crippen LogP contribution is 2.15. The molecule has 4 nitrogen and oxygen atoms in total. The molecule has 0 aromatic heterocycles. The van der Waals surface area contributed by atoms with Crippen molar-refractivity contribution in [1.82, 2.24) is 0 Å². The second-order valence-corrected chi connectivity index (χ2v) is 3.07. The third kappa shape index (κ3) is 1.59. The maximum absolute atomic E-state index is 10.6. The van der Waals surface area contributed by atoms with E-state index in [1.165, 1.54) is 0 Å². The Morgan fingerprint density at radius 3 is 2.57 bits per heavy atom. The van der Waals surface area contributed by atoms with Crippen LogP contribution in [-0.4, -0.2) is 30.5 Å². The summed E-state index contributed by atoms with van der Waals surface area (Å²) < 4.78 is 0. The molecule has 2 rings (SSSR count). The number of hydrogen-bond donors (Lipinski definition) is 1. The predicted octanol–water partition coefficient (Wildman–Crippen LogP) is 1.23. The van der Waals surface area contributed by atoms with E-state index in [0.29, 0.717) is 5.56 Å². The molecule has 0 spiro atoms. The van der Waals surface area contributed by atoms with Crippen molar-refractivity contribution in [2.75, 3.05) is 18.0 Å². The Kier molecular flexibility index (Phi) is 2.18. The maximum Gasteiger partial charge on any atom is 0.335 e. The smallest absolute Gasteiger partial charge is 0.335 e. The zero-order valence-electron chi connectivity index (χ0n) is 7.55. The van der Waals surface area contributed by atoms with E-state index in [1.54, 1.807) is 30.6 Å². The Labute approximate surface area is 81.5 Å². The summed E-state index contributed by atoms with van der Waals surface area (Å²) in [6.07, 6.45) is 1.77. The third-order valence-corrected chi connectivity index (χ3v) is 2.14. The number of carbonyl (C=O) groups is 1. The van der Waals surface area contributed by atoms with Crippen molar-refractivity contribution in [1.29, 1.82) is 0 Å². The van der Waals surface area contributed by atoms with E-state index in [1.807, 2.05) is 4.90 Å². The molecule has 0 bridgehead atoms. The lowest BCUT2D eigenvalue weighted by molar-refractivity contribution is 0.0697. The first-order chi connectivity index (χ1) is 6.77. The fourth-order valence-corrected chi connectivity index (χ4v) is 1.37.